The minimum Gasteiger partial charge on any atom is -0.506 e. The quantitative estimate of drug-likeness (QED) is 0.795. The largest absolute Gasteiger partial charge is 0.506 e. The predicted octanol–water partition coefficient (Wildman–Crippen LogP) is 3.74. The molecule has 2 nitrogen and oxygen atoms in total. The van der Waals surface area contributed by atoms with E-state index in [1.165, 1.54) is 6.07 Å². The van der Waals surface area contributed by atoms with Crippen LogP contribution in [0.2, 0.25) is 10.0 Å². The Balaban J connectivity index is 3.25. The molecule has 15 heavy (non-hydrogen) atoms. The molecule has 0 aromatic heterocycles. The summed E-state index contributed by atoms with van der Waals surface area (Å²) < 4.78 is 0. The van der Waals surface area contributed by atoms with Gasteiger partial charge in [-0.2, -0.15) is 0 Å². The highest BCUT2D eigenvalue weighted by Crippen LogP contribution is 2.40. The second-order valence-electron chi connectivity index (χ2n) is 4.67. The van der Waals surface area contributed by atoms with Gasteiger partial charge in [0, 0.05) is 16.6 Å². The monoisotopic (exact) mass is 247 g/mol. The van der Waals surface area contributed by atoms with Gasteiger partial charge in [-0.3, -0.25) is 0 Å². The molecule has 0 heterocycles. The maximum atomic E-state index is 9.79. The minimum absolute atomic E-state index is 0.0171. The summed E-state index contributed by atoms with van der Waals surface area (Å²) in [4.78, 5) is 0. The number of halogens is 2. The molecule has 0 radical (unpaired) electrons. The van der Waals surface area contributed by atoms with E-state index >= 15 is 0 Å². The highest BCUT2D eigenvalue weighted by molar-refractivity contribution is 6.35. The van der Waals surface area contributed by atoms with Crippen LogP contribution in [-0.2, 0) is 0 Å². The summed E-state index contributed by atoms with van der Waals surface area (Å²) in [5, 5.41) is 10.5. The van der Waals surface area contributed by atoms with Crippen molar-refractivity contribution in [3.63, 3.8) is 0 Å². The zero-order valence-electron chi connectivity index (χ0n) is 9.01. The fourth-order valence-corrected chi connectivity index (χ4v) is 1.80. The van der Waals surface area contributed by atoms with E-state index in [9.17, 15) is 5.11 Å². The summed E-state index contributed by atoms with van der Waals surface area (Å²) in [6.07, 6.45) is 0. The fraction of sp³-hybridized carbons (Fsp3) is 0.455. The van der Waals surface area contributed by atoms with E-state index in [2.05, 4.69) is 0 Å². The molecule has 0 saturated heterocycles. The van der Waals surface area contributed by atoms with E-state index in [4.69, 9.17) is 28.9 Å². The summed E-state index contributed by atoms with van der Waals surface area (Å²) in [5.41, 5.74) is 6.46. The minimum atomic E-state index is -0.311. The Bertz CT molecular complexity index is 372. The molecule has 1 aromatic carbocycles. The third-order valence-corrected chi connectivity index (χ3v) is 2.83. The van der Waals surface area contributed by atoms with Gasteiger partial charge >= 0.3 is 0 Å². The molecule has 1 unspecified atom stereocenters. The maximum absolute atomic E-state index is 9.79. The SMILES string of the molecule is CC(C)(C)C(N)c1cc(Cl)cc(Cl)c1O. The van der Waals surface area contributed by atoms with Gasteiger partial charge in [0.05, 0.1) is 5.02 Å². The molecule has 0 aliphatic rings. The van der Waals surface area contributed by atoms with E-state index in [1.54, 1.807) is 6.07 Å². The Kier molecular flexibility index (Phi) is 3.54. The van der Waals surface area contributed by atoms with Gasteiger partial charge in [0.25, 0.3) is 0 Å². The molecule has 0 spiro atoms. The molecular weight excluding hydrogens is 233 g/mol. The zero-order valence-corrected chi connectivity index (χ0v) is 10.5. The number of nitrogens with two attached hydrogens (primary N) is 1. The molecule has 0 aliphatic carbocycles. The lowest BCUT2D eigenvalue weighted by atomic mass is 9.83. The second-order valence-corrected chi connectivity index (χ2v) is 5.51. The van der Waals surface area contributed by atoms with E-state index in [0.717, 1.165) is 0 Å². The van der Waals surface area contributed by atoms with Gasteiger partial charge in [0.1, 0.15) is 5.75 Å². The van der Waals surface area contributed by atoms with E-state index in [1.807, 2.05) is 20.8 Å². The van der Waals surface area contributed by atoms with Gasteiger partial charge in [-0.1, -0.05) is 44.0 Å². The molecule has 0 aliphatic heterocycles. The lowest BCUT2D eigenvalue weighted by Gasteiger charge is -2.28. The van der Waals surface area contributed by atoms with E-state index < -0.39 is 0 Å². The number of hydrogen-bond acceptors (Lipinski definition) is 2. The first-order valence-corrected chi connectivity index (χ1v) is 5.42. The molecule has 1 rings (SSSR count). The second kappa shape index (κ2) is 4.20. The Hall–Kier alpha value is -0.440. The van der Waals surface area contributed by atoms with Crippen LogP contribution in [-0.4, -0.2) is 5.11 Å². The summed E-state index contributed by atoms with van der Waals surface area (Å²) >= 11 is 11.7. The van der Waals surface area contributed by atoms with Crippen LogP contribution in [0.4, 0.5) is 0 Å². The highest BCUT2D eigenvalue weighted by Gasteiger charge is 2.25. The van der Waals surface area contributed by atoms with Crippen LogP contribution in [0.3, 0.4) is 0 Å². The topological polar surface area (TPSA) is 46.2 Å². The molecule has 3 N–H and O–H groups in total. The first-order chi connectivity index (χ1) is 6.73. The number of hydrogen-bond donors (Lipinski definition) is 2. The summed E-state index contributed by atoms with van der Waals surface area (Å²) in [6, 6.07) is 2.84. The number of phenolic OH excluding ortho intramolecular Hbond substituents is 1. The van der Waals surface area contributed by atoms with Crippen molar-refractivity contribution in [2.45, 2.75) is 26.8 Å². The highest BCUT2D eigenvalue weighted by atomic mass is 35.5. The average Bonchev–Trinajstić information content (AvgIpc) is 2.08. The molecular formula is C11H15Cl2NO. The van der Waals surface area contributed by atoms with Gasteiger partial charge < -0.3 is 10.8 Å². The molecule has 0 fully saturated rings. The van der Waals surface area contributed by atoms with Crippen LogP contribution >= 0.6 is 23.2 Å². The molecule has 0 bridgehead atoms. The van der Waals surface area contributed by atoms with E-state index in [-0.39, 0.29) is 22.2 Å². The summed E-state index contributed by atoms with van der Waals surface area (Å²) in [5.74, 6) is 0.0171. The molecule has 1 aromatic rings. The number of aromatic hydroxyl groups is 1. The van der Waals surface area contributed by atoms with Crippen molar-refractivity contribution in [2.24, 2.45) is 11.1 Å². The summed E-state index contributed by atoms with van der Waals surface area (Å²) in [7, 11) is 0. The van der Waals surface area contributed by atoms with Crippen molar-refractivity contribution >= 4 is 23.2 Å². The van der Waals surface area contributed by atoms with Crippen molar-refractivity contribution in [2.75, 3.05) is 0 Å². The number of benzene rings is 1. The van der Waals surface area contributed by atoms with Gasteiger partial charge in [-0.05, 0) is 17.5 Å². The van der Waals surface area contributed by atoms with Crippen LogP contribution in [0.25, 0.3) is 0 Å². The van der Waals surface area contributed by atoms with Gasteiger partial charge in [0.2, 0.25) is 0 Å². The van der Waals surface area contributed by atoms with Crippen molar-refractivity contribution in [1.29, 1.82) is 0 Å². The third-order valence-electron chi connectivity index (χ3n) is 2.33. The fourth-order valence-electron chi connectivity index (χ4n) is 1.29. The van der Waals surface area contributed by atoms with Crippen LogP contribution in [0.5, 0.6) is 5.75 Å². The van der Waals surface area contributed by atoms with Gasteiger partial charge in [-0.25, -0.2) is 0 Å². The first kappa shape index (κ1) is 12.6. The Morgan fingerprint density at radius 2 is 1.80 bits per heavy atom. The van der Waals surface area contributed by atoms with Crippen molar-refractivity contribution in [3.05, 3.63) is 27.7 Å². The van der Waals surface area contributed by atoms with Gasteiger partial charge in [-0.15, -0.1) is 0 Å². The normalized spacial score (nSPS) is 14.0. The zero-order chi connectivity index (χ0) is 11.8. The third kappa shape index (κ3) is 2.77. The van der Waals surface area contributed by atoms with Crippen LogP contribution < -0.4 is 5.73 Å². The smallest absolute Gasteiger partial charge is 0.139 e. The summed E-state index contributed by atoms with van der Waals surface area (Å²) in [6.45, 7) is 5.98. The lowest BCUT2D eigenvalue weighted by molar-refractivity contribution is 0.318. The Morgan fingerprint density at radius 3 is 2.27 bits per heavy atom. The molecule has 0 amide bonds. The van der Waals surface area contributed by atoms with Crippen molar-refractivity contribution in [3.8, 4) is 5.75 Å². The van der Waals surface area contributed by atoms with Crippen molar-refractivity contribution < 1.29 is 5.11 Å². The van der Waals surface area contributed by atoms with Crippen molar-refractivity contribution in [1.82, 2.24) is 0 Å². The Labute approximate surface area is 100.0 Å². The van der Waals surface area contributed by atoms with E-state index in [0.29, 0.717) is 10.6 Å². The molecule has 84 valence electrons. The molecule has 4 heteroatoms. The first-order valence-electron chi connectivity index (χ1n) is 4.67. The number of rotatable bonds is 1. The van der Waals surface area contributed by atoms with Gasteiger partial charge in [0.15, 0.2) is 0 Å². The molecule has 0 saturated carbocycles. The van der Waals surface area contributed by atoms with Crippen LogP contribution in [0.1, 0.15) is 32.4 Å². The lowest BCUT2D eigenvalue weighted by Crippen LogP contribution is -2.26. The Morgan fingerprint density at radius 1 is 1.27 bits per heavy atom. The average molecular weight is 248 g/mol. The number of phenols is 1. The predicted molar refractivity (Wildman–Crippen MR) is 64.5 cm³/mol. The van der Waals surface area contributed by atoms with Crippen LogP contribution in [0, 0.1) is 5.41 Å². The van der Waals surface area contributed by atoms with Crippen LogP contribution in [0.15, 0.2) is 12.1 Å². The standard InChI is InChI=1S/C11H15Cl2NO/c1-11(2,3)10(14)7-4-6(12)5-8(13)9(7)15/h4-5,10,15H,14H2,1-3H3. The molecule has 1 atom stereocenters. The maximum Gasteiger partial charge on any atom is 0.139 e.